The second-order valence-electron chi connectivity index (χ2n) is 6.02. The summed E-state index contributed by atoms with van der Waals surface area (Å²) in [6, 6.07) is 11.6. The molecule has 0 bridgehead atoms. The Morgan fingerprint density at radius 1 is 1.21 bits per heavy atom. The molecule has 1 saturated heterocycles. The van der Waals surface area contributed by atoms with Gasteiger partial charge in [0, 0.05) is 12.1 Å². The molecule has 0 spiro atoms. The molecule has 0 aliphatic carbocycles. The van der Waals surface area contributed by atoms with Crippen LogP contribution in [0.3, 0.4) is 0 Å². The molecule has 0 radical (unpaired) electrons. The van der Waals surface area contributed by atoms with E-state index in [9.17, 15) is 9.59 Å². The zero-order valence-electron chi connectivity index (χ0n) is 16.2. The molecule has 1 aliphatic rings. The van der Waals surface area contributed by atoms with Gasteiger partial charge in [-0.2, -0.15) is 0 Å². The first-order valence-electron chi connectivity index (χ1n) is 8.82. The molecule has 0 aromatic heterocycles. The molecule has 0 saturated carbocycles. The maximum Gasteiger partial charge on any atom is 0.335 e. The van der Waals surface area contributed by atoms with Crippen LogP contribution in [0.4, 0.5) is 5.69 Å². The van der Waals surface area contributed by atoms with Crippen molar-refractivity contribution >= 4 is 40.6 Å². The number of nitrogens with zero attached hydrogens (tertiary/aromatic N) is 2. The fourth-order valence-electron chi connectivity index (χ4n) is 2.78. The van der Waals surface area contributed by atoms with Crippen molar-refractivity contribution in [3.05, 3.63) is 58.5 Å². The highest BCUT2D eigenvalue weighted by molar-refractivity contribution is 8.18. The van der Waals surface area contributed by atoms with Crippen molar-refractivity contribution in [1.82, 2.24) is 4.90 Å². The second kappa shape index (κ2) is 8.83. The Morgan fingerprint density at radius 2 is 2.00 bits per heavy atom. The Labute approximate surface area is 172 Å². The van der Waals surface area contributed by atoms with E-state index < -0.39 is 5.97 Å². The first kappa shape index (κ1) is 20.5. The van der Waals surface area contributed by atoms with E-state index in [1.807, 2.05) is 6.92 Å². The molecule has 8 heteroatoms. The minimum Gasteiger partial charge on any atom is -0.497 e. The van der Waals surface area contributed by atoms with Crippen molar-refractivity contribution < 1.29 is 24.2 Å². The van der Waals surface area contributed by atoms with Crippen LogP contribution in [-0.4, -0.2) is 47.8 Å². The summed E-state index contributed by atoms with van der Waals surface area (Å²) in [5, 5.41) is 9.65. The molecule has 29 heavy (non-hydrogen) atoms. The van der Waals surface area contributed by atoms with E-state index in [-0.39, 0.29) is 11.5 Å². The lowest BCUT2D eigenvalue weighted by Gasteiger charge is -2.12. The third-order valence-corrected chi connectivity index (χ3v) is 5.25. The van der Waals surface area contributed by atoms with Gasteiger partial charge in [0.15, 0.2) is 5.17 Å². The molecule has 2 aromatic carbocycles. The smallest absolute Gasteiger partial charge is 0.335 e. The summed E-state index contributed by atoms with van der Waals surface area (Å²) in [5.74, 6) is 0.0740. The normalized spacial score (nSPS) is 16.5. The number of carbonyl (C=O) groups excluding carboxylic acids is 1. The highest BCUT2D eigenvalue weighted by Gasteiger charge is 2.32. The zero-order valence-corrected chi connectivity index (χ0v) is 17.0. The number of carboxylic acid groups (broad SMARTS) is 1. The average molecular weight is 412 g/mol. The number of likely N-dealkylation sites (N-methyl/N-ethyl adjacent to an activating group) is 1. The maximum absolute atomic E-state index is 12.9. The van der Waals surface area contributed by atoms with Crippen molar-refractivity contribution in [2.24, 2.45) is 4.99 Å². The molecule has 1 heterocycles. The van der Waals surface area contributed by atoms with Crippen LogP contribution in [0.2, 0.25) is 0 Å². The van der Waals surface area contributed by atoms with Gasteiger partial charge in [0.2, 0.25) is 0 Å². The topological polar surface area (TPSA) is 88.4 Å². The zero-order chi connectivity index (χ0) is 21.0. The highest BCUT2D eigenvalue weighted by Crippen LogP contribution is 2.36. The third kappa shape index (κ3) is 4.43. The fraction of sp³-hybridized carbons (Fsp3) is 0.190. The number of thioether (sulfide) groups is 1. The SMILES string of the molecule is CCN1C(=O)/C(=C/c2cc(OC)ccc2OC)SC1=Nc1cccc(C(=O)O)c1. The summed E-state index contributed by atoms with van der Waals surface area (Å²) in [7, 11) is 3.14. The summed E-state index contributed by atoms with van der Waals surface area (Å²) < 4.78 is 10.6. The number of carboxylic acids is 1. The lowest BCUT2D eigenvalue weighted by molar-refractivity contribution is -0.122. The van der Waals surface area contributed by atoms with Crippen LogP contribution in [-0.2, 0) is 4.79 Å². The third-order valence-electron chi connectivity index (χ3n) is 4.25. The van der Waals surface area contributed by atoms with Gasteiger partial charge in [-0.05, 0) is 61.2 Å². The second-order valence-corrected chi connectivity index (χ2v) is 7.03. The molecule has 1 fully saturated rings. The highest BCUT2D eigenvalue weighted by atomic mass is 32.2. The van der Waals surface area contributed by atoms with Crippen molar-refractivity contribution in [1.29, 1.82) is 0 Å². The largest absolute Gasteiger partial charge is 0.497 e. The van der Waals surface area contributed by atoms with E-state index >= 15 is 0 Å². The van der Waals surface area contributed by atoms with E-state index in [4.69, 9.17) is 14.6 Å². The predicted octanol–water partition coefficient (Wildman–Crippen LogP) is 4.03. The van der Waals surface area contributed by atoms with E-state index in [0.29, 0.717) is 39.4 Å². The van der Waals surface area contributed by atoms with Gasteiger partial charge in [0.25, 0.3) is 5.91 Å². The van der Waals surface area contributed by atoms with E-state index in [0.717, 1.165) is 0 Å². The van der Waals surface area contributed by atoms with Crippen molar-refractivity contribution in [3.8, 4) is 11.5 Å². The fourth-order valence-corrected chi connectivity index (χ4v) is 3.84. The van der Waals surface area contributed by atoms with Crippen molar-refractivity contribution in [2.45, 2.75) is 6.92 Å². The summed E-state index contributed by atoms with van der Waals surface area (Å²) in [4.78, 5) is 30.6. The Hall–Kier alpha value is -3.26. The number of hydrogen-bond acceptors (Lipinski definition) is 6. The Morgan fingerprint density at radius 3 is 2.66 bits per heavy atom. The number of carbonyl (C=O) groups is 2. The van der Waals surface area contributed by atoms with Gasteiger partial charge in [-0.1, -0.05) is 6.07 Å². The van der Waals surface area contributed by atoms with Crippen LogP contribution in [0.15, 0.2) is 52.4 Å². The number of amides is 1. The molecule has 1 N–H and O–H groups in total. The molecule has 2 aromatic rings. The summed E-state index contributed by atoms with van der Waals surface area (Å²) in [5.41, 5.74) is 1.33. The molecule has 0 atom stereocenters. The Bertz CT molecular complexity index is 1020. The molecule has 7 nitrogen and oxygen atoms in total. The van der Waals surface area contributed by atoms with Gasteiger partial charge in [-0.15, -0.1) is 0 Å². The lowest BCUT2D eigenvalue weighted by Crippen LogP contribution is -2.28. The minimum atomic E-state index is -1.03. The summed E-state index contributed by atoms with van der Waals surface area (Å²) >= 11 is 1.23. The standard InChI is InChI=1S/C21H20N2O5S/c1-4-23-19(24)18(12-14-11-16(27-2)8-9-17(14)28-3)29-21(23)22-15-7-5-6-13(10-15)20(25)26/h5-12H,4H2,1-3H3,(H,25,26)/b18-12-,22-21?. The van der Waals surface area contributed by atoms with Crippen LogP contribution < -0.4 is 9.47 Å². The van der Waals surface area contributed by atoms with E-state index in [2.05, 4.69) is 4.99 Å². The van der Waals surface area contributed by atoms with Crippen LogP contribution >= 0.6 is 11.8 Å². The van der Waals surface area contributed by atoms with Gasteiger partial charge < -0.3 is 14.6 Å². The first-order valence-corrected chi connectivity index (χ1v) is 9.64. The van der Waals surface area contributed by atoms with Gasteiger partial charge in [-0.25, -0.2) is 9.79 Å². The maximum atomic E-state index is 12.9. The number of amidine groups is 1. The quantitative estimate of drug-likeness (QED) is 0.721. The molecular weight excluding hydrogens is 392 g/mol. The molecule has 0 unspecified atom stereocenters. The Kier molecular flexibility index (Phi) is 6.23. The van der Waals surface area contributed by atoms with Crippen LogP contribution in [0.5, 0.6) is 11.5 Å². The van der Waals surface area contributed by atoms with Gasteiger partial charge in [0.05, 0.1) is 30.4 Å². The summed E-state index contributed by atoms with van der Waals surface area (Å²) in [6.07, 6.45) is 1.74. The number of aromatic carboxylic acids is 1. The van der Waals surface area contributed by atoms with Gasteiger partial charge in [-0.3, -0.25) is 9.69 Å². The molecule has 1 aliphatic heterocycles. The molecule has 1 amide bonds. The number of rotatable bonds is 6. The first-order chi connectivity index (χ1) is 14.0. The van der Waals surface area contributed by atoms with E-state index in [1.165, 1.54) is 23.9 Å². The van der Waals surface area contributed by atoms with Gasteiger partial charge in [0.1, 0.15) is 11.5 Å². The number of methoxy groups -OCH3 is 2. The number of aliphatic imine (C=N–C) groups is 1. The van der Waals surface area contributed by atoms with Gasteiger partial charge >= 0.3 is 5.97 Å². The summed E-state index contributed by atoms with van der Waals surface area (Å²) in [6.45, 7) is 2.30. The van der Waals surface area contributed by atoms with Crippen LogP contribution in [0.1, 0.15) is 22.8 Å². The van der Waals surface area contributed by atoms with Crippen molar-refractivity contribution in [3.63, 3.8) is 0 Å². The minimum absolute atomic E-state index is 0.140. The number of ether oxygens (including phenoxy) is 2. The van der Waals surface area contributed by atoms with Crippen LogP contribution in [0, 0.1) is 0 Å². The monoisotopic (exact) mass is 412 g/mol. The predicted molar refractivity (Wildman–Crippen MR) is 113 cm³/mol. The van der Waals surface area contributed by atoms with Crippen molar-refractivity contribution in [2.75, 3.05) is 20.8 Å². The van der Waals surface area contributed by atoms with Crippen LogP contribution in [0.25, 0.3) is 6.08 Å². The molecule has 150 valence electrons. The lowest BCUT2D eigenvalue weighted by atomic mass is 10.1. The average Bonchev–Trinajstić information content (AvgIpc) is 3.02. The number of benzene rings is 2. The van der Waals surface area contributed by atoms with E-state index in [1.54, 1.807) is 55.5 Å². The number of hydrogen-bond donors (Lipinski definition) is 1. The Balaban J connectivity index is 1.98. The molecule has 3 rings (SSSR count). The molecular formula is C21H20N2O5S.